The lowest BCUT2D eigenvalue weighted by Gasteiger charge is -2.41. The van der Waals surface area contributed by atoms with E-state index >= 15 is 0 Å². The topological polar surface area (TPSA) is 69.9 Å². The molecule has 4 atom stereocenters. The third-order valence-electron chi connectivity index (χ3n) is 7.90. The van der Waals surface area contributed by atoms with Gasteiger partial charge in [0.05, 0.1) is 18.8 Å². The molecule has 2 saturated carbocycles. The molecular weight excluding hydrogens is 400 g/mol. The molecular formula is C28H40O4. The summed E-state index contributed by atoms with van der Waals surface area (Å²) >= 11 is 0. The minimum atomic E-state index is -0.902. The number of rotatable bonds is 6. The van der Waals surface area contributed by atoms with E-state index in [4.69, 9.17) is 4.74 Å². The summed E-state index contributed by atoms with van der Waals surface area (Å²) < 4.78 is 5.89. The molecule has 176 valence electrons. The van der Waals surface area contributed by atoms with Crippen molar-refractivity contribution in [2.24, 2.45) is 11.3 Å². The molecule has 32 heavy (non-hydrogen) atoms. The lowest BCUT2D eigenvalue weighted by molar-refractivity contribution is 0.0862. The molecule has 0 amide bonds. The molecule has 0 radical (unpaired) electrons. The highest BCUT2D eigenvalue weighted by Gasteiger charge is 2.44. The van der Waals surface area contributed by atoms with E-state index < -0.39 is 17.8 Å². The maximum atomic E-state index is 10.3. The van der Waals surface area contributed by atoms with Gasteiger partial charge in [0.25, 0.3) is 0 Å². The number of hydrogen-bond acceptors (Lipinski definition) is 4. The number of aliphatic hydroxyl groups is 3. The Morgan fingerprint density at radius 3 is 2.75 bits per heavy atom. The summed E-state index contributed by atoms with van der Waals surface area (Å²) in [5.41, 5.74) is 3.70. The van der Waals surface area contributed by atoms with Gasteiger partial charge in [-0.15, -0.1) is 0 Å². The summed E-state index contributed by atoms with van der Waals surface area (Å²) in [6, 6.07) is 0. The molecule has 0 spiro atoms. The van der Waals surface area contributed by atoms with Crippen molar-refractivity contribution in [2.45, 2.75) is 89.9 Å². The number of allylic oxidation sites excluding steroid dienone is 4. The first-order valence-electron chi connectivity index (χ1n) is 12.2. The van der Waals surface area contributed by atoms with E-state index in [0.29, 0.717) is 44.8 Å². The fourth-order valence-electron chi connectivity index (χ4n) is 5.43. The second-order valence-corrected chi connectivity index (χ2v) is 9.89. The Kier molecular flexibility index (Phi) is 8.22. The second kappa shape index (κ2) is 10.5. The highest BCUT2D eigenvalue weighted by atomic mass is 16.5. The lowest BCUT2D eigenvalue weighted by atomic mass is 9.64. The maximum absolute atomic E-state index is 10.3. The zero-order valence-electron chi connectivity index (χ0n) is 20.0. The summed E-state index contributed by atoms with van der Waals surface area (Å²) in [4.78, 5) is 0. The SMILES string of the molecule is C=C1C(=CC=C2CCC[C@]3(C)C(COCC#CC(O)(CC)CC)=CC[C@@H]23)C[C@@H](O)C[C@@H]1O. The standard InChI is InChI=1S/C28H40O4/c1-5-28(31,6-2)15-8-16-32-19-23-12-13-25-21(9-7-14-27(23,25)4)10-11-22-17-24(29)18-26(30)20(22)3/h10-12,24-26,29-31H,3,5-7,9,13-14,16-19H2,1-2,4H3/t24-,25+,26+,27-/m1/s1. The third-order valence-corrected chi connectivity index (χ3v) is 7.90. The second-order valence-electron chi connectivity index (χ2n) is 9.89. The first-order valence-corrected chi connectivity index (χ1v) is 12.2. The largest absolute Gasteiger partial charge is 0.393 e. The molecule has 0 saturated heterocycles. The van der Waals surface area contributed by atoms with E-state index in [2.05, 4.69) is 43.6 Å². The molecule has 3 aliphatic carbocycles. The van der Waals surface area contributed by atoms with Crippen LogP contribution in [-0.4, -0.2) is 46.3 Å². The predicted octanol–water partition coefficient (Wildman–Crippen LogP) is 4.62. The number of aliphatic hydroxyl groups excluding tert-OH is 2. The number of hydrogen-bond donors (Lipinski definition) is 3. The predicted molar refractivity (Wildman–Crippen MR) is 129 cm³/mol. The van der Waals surface area contributed by atoms with Crippen molar-refractivity contribution in [2.75, 3.05) is 13.2 Å². The molecule has 3 N–H and O–H groups in total. The van der Waals surface area contributed by atoms with Gasteiger partial charge in [0.2, 0.25) is 0 Å². The van der Waals surface area contributed by atoms with Gasteiger partial charge in [-0.05, 0) is 73.0 Å². The molecule has 0 heterocycles. The van der Waals surface area contributed by atoms with Crippen LogP contribution < -0.4 is 0 Å². The van der Waals surface area contributed by atoms with Crippen molar-refractivity contribution >= 4 is 0 Å². The zero-order valence-corrected chi connectivity index (χ0v) is 20.0. The summed E-state index contributed by atoms with van der Waals surface area (Å²) in [6.45, 7) is 11.2. The monoisotopic (exact) mass is 440 g/mol. The smallest absolute Gasteiger partial charge is 0.125 e. The Morgan fingerprint density at radius 2 is 2.03 bits per heavy atom. The van der Waals surface area contributed by atoms with Gasteiger partial charge in [-0.1, -0.05) is 63.0 Å². The van der Waals surface area contributed by atoms with E-state index in [1.54, 1.807) is 0 Å². The van der Waals surface area contributed by atoms with Crippen molar-refractivity contribution in [1.82, 2.24) is 0 Å². The van der Waals surface area contributed by atoms with Crippen molar-refractivity contribution in [3.63, 3.8) is 0 Å². The van der Waals surface area contributed by atoms with Crippen LogP contribution in [0.4, 0.5) is 0 Å². The molecule has 0 aromatic heterocycles. The van der Waals surface area contributed by atoms with Crippen LogP contribution in [0.15, 0.2) is 47.1 Å². The van der Waals surface area contributed by atoms with Crippen molar-refractivity contribution < 1.29 is 20.1 Å². The highest BCUT2D eigenvalue weighted by Crippen LogP contribution is 2.54. The average Bonchev–Trinajstić information content (AvgIpc) is 3.11. The molecule has 4 heteroatoms. The first-order chi connectivity index (χ1) is 15.2. The minimum Gasteiger partial charge on any atom is -0.393 e. The molecule has 0 aromatic carbocycles. The molecule has 0 bridgehead atoms. The van der Waals surface area contributed by atoms with Gasteiger partial charge in [0.1, 0.15) is 12.2 Å². The van der Waals surface area contributed by atoms with Gasteiger partial charge in [0, 0.05) is 6.42 Å². The van der Waals surface area contributed by atoms with E-state index in [0.717, 1.165) is 36.8 Å². The Hall–Kier alpha value is -1.64. The van der Waals surface area contributed by atoms with E-state index in [-0.39, 0.29) is 5.41 Å². The Bertz CT molecular complexity index is 848. The number of ether oxygens (including phenoxy) is 1. The van der Waals surface area contributed by atoms with Gasteiger partial charge in [-0.3, -0.25) is 0 Å². The molecule has 3 aliphatic rings. The van der Waals surface area contributed by atoms with E-state index in [1.165, 1.54) is 11.1 Å². The Morgan fingerprint density at radius 1 is 1.28 bits per heavy atom. The lowest BCUT2D eigenvalue weighted by Crippen LogP contribution is -2.32. The van der Waals surface area contributed by atoms with Crippen LogP contribution in [0.3, 0.4) is 0 Å². The van der Waals surface area contributed by atoms with Crippen molar-refractivity contribution in [3.05, 3.63) is 47.1 Å². The molecule has 0 aromatic rings. The summed E-state index contributed by atoms with van der Waals surface area (Å²) in [6.07, 6.45) is 12.1. The molecule has 0 unspecified atom stereocenters. The van der Waals surface area contributed by atoms with Crippen LogP contribution >= 0.6 is 0 Å². The van der Waals surface area contributed by atoms with Gasteiger partial charge in [0.15, 0.2) is 0 Å². The molecule has 4 nitrogen and oxygen atoms in total. The third kappa shape index (κ3) is 5.46. The van der Waals surface area contributed by atoms with E-state index in [1.807, 2.05) is 13.8 Å². The molecule has 3 rings (SSSR count). The highest BCUT2D eigenvalue weighted by molar-refractivity contribution is 5.40. The quantitative estimate of drug-likeness (QED) is 0.320. The summed E-state index contributed by atoms with van der Waals surface area (Å²) in [7, 11) is 0. The van der Waals surface area contributed by atoms with Crippen molar-refractivity contribution in [3.8, 4) is 11.8 Å². The number of fused-ring (bicyclic) bond motifs is 1. The van der Waals surface area contributed by atoms with Crippen LogP contribution in [0.5, 0.6) is 0 Å². The maximum Gasteiger partial charge on any atom is 0.125 e. The normalized spacial score (nSPS) is 33.1. The van der Waals surface area contributed by atoms with Crippen LogP contribution in [0.1, 0.15) is 72.1 Å². The van der Waals surface area contributed by atoms with Crippen molar-refractivity contribution in [1.29, 1.82) is 0 Å². The van der Waals surface area contributed by atoms with Gasteiger partial charge in [-0.25, -0.2) is 0 Å². The van der Waals surface area contributed by atoms with Gasteiger partial charge >= 0.3 is 0 Å². The molecule has 0 aliphatic heterocycles. The fourth-order valence-corrected chi connectivity index (χ4v) is 5.43. The van der Waals surface area contributed by atoms with Crippen LogP contribution in [0, 0.1) is 23.2 Å². The first kappa shape index (κ1) is 25.0. The van der Waals surface area contributed by atoms with Crippen LogP contribution in [0.25, 0.3) is 0 Å². The molecule has 2 fully saturated rings. The zero-order chi connectivity index (χ0) is 23.4. The van der Waals surface area contributed by atoms with E-state index in [9.17, 15) is 15.3 Å². The fraction of sp³-hybridized carbons (Fsp3) is 0.643. The average molecular weight is 441 g/mol. The summed E-state index contributed by atoms with van der Waals surface area (Å²) in [5, 5.41) is 30.4. The summed E-state index contributed by atoms with van der Waals surface area (Å²) in [5.74, 6) is 6.42. The Balaban J connectivity index is 1.63. The Labute approximate surface area is 193 Å². The van der Waals surface area contributed by atoms with Crippen LogP contribution in [0.2, 0.25) is 0 Å². The van der Waals surface area contributed by atoms with Gasteiger partial charge < -0.3 is 20.1 Å². The van der Waals surface area contributed by atoms with Crippen LogP contribution in [-0.2, 0) is 4.74 Å². The van der Waals surface area contributed by atoms with Gasteiger partial charge in [-0.2, -0.15) is 0 Å². The minimum absolute atomic E-state index is 0.103.